The smallest absolute Gasteiger partial charge is 0.280 e. The van der Waals surface area contributed by atoms with Crippen LogP contribution in [-0.2, 0) is 4.79 Å². The van der Waals surface area contributed by atoms with E-state index in [2.05, 4.69) is 5.32 Å². The van der Waals surface area contributed by atoms with E-state index >= 15 is 0 Å². The molecule has 2 aromatic carbocycles. The fraction of sp³-hybridized carbons (Fsp3) is 0.261. The minimum Gasteiger partial charge on any atom is -0.375 e. The molecule has 2 heterocycles. The molecule has 0 spiro atoms. The number of nitrogens with zero attached hydrogens (tertiary/aromatic N) is 2. The van der Waals surface area contributed by atoms with Gasteiger partial charge in [-0.3, -0.25) is 14.7 Å². The molecule has 146 valence electrons. The number of benzene rings is 2. The molecule has 1 aliphatic carbocycles. The van der Waals surface area contributed by atoms with Gasteiger partial charge in [0.2, 0.25) is 0 Å². The van der Waals surface area contributed by atoms with Gasteiger partial charge in [0.15, 0.2) is 0 Å². The van der Waals surface area contributed by atoms with Crippen molar-refractivity contribution in [3.05, 3.63) is 76.5 Å². The van der Waals surface area contributed by atoms with Crippen LogP contribution >= 0.6 is 23.8 Å². The molecule has 0 aromatic heterocycles. The lowest BCUT2D eigenvalue weighted by Gasteiger charge is -2.30. The van der Waals surface area contributed by atoms with Crippen LogP contribution in [0.4, 0.5) is 5.69 Å². The highest BCUT2D eigenvalue weighted by atomic mass is 35.5. The molecule has 2 aromatic rings. The van der Waals surface area contributed by atoms with Gasteiger partial charge >= 0.3 is 0 Å². The van der Waals surface area contributed by atoms with Crippen molar-refractivity contribution < 1.29 is 4.79 Å². The zero-order chi connectivity index (χ0) is 20.0. The summed E-state index contributed by atoms with van der Waals surface area (Å²) in [6.45, 7) is 0. The molecule has 2 aliphatic heterocycles. The molecule has 6 heteroatoms. The fourth-order valence-electron chi connectivity index (χ4n) is 4.37. The number of para-hydroxylation sites is 1. The van der Waals surface area contributed by atoms with E-state index < -0.39 is 0 Å². The van der Waals surface area contributed by atoms with Crippen LogP contribution in [0.3, 0.4) is 0 Å². The van der Waals surface area contributed by atoms with Crippen molar-refractivity contribution in [2.24, 2.45) is 4.99 Å². The number of carbonyl (C=O) groups is 1. The number of rotatable bonds is 2. The summed E-state index contributed by atoms with van der Waals surface area (Å²) in [6.07, 6.45) is 4.31. The van der Waals surface area contributed by atoms with Crippen LogP contribution in [0, 0.1) is 0 Å². The van der Waals surface area contributed by atoms with Gasteiger partial charge in [-0.25, -0.2) is 0 Å². The summed E-state index contributed by atoms with van der Waals surface area (Å²) in [4.78, 5) is 20.7. The number of thiocarbonyl (C=S) groups is 1. The van der Waals surface area contributed by atoms with Crippen molar-refractivity contribution in [2.45, 2.75) is 37.8 Å². The average Bonchev–Trinajstić information content (AvgIpc) is 2.89. The number of carbonyl (C=O) groups excluding carboxylic acids is 1. The summed E-state index contributed by atoms with van der Waals surface area (Å²) in [7, 11) is 0. The van der Waals surface area contributed by atoms with Gasteiger partial charge in [0.05, 0.1) is 23.0 Å². The van der Waals surface area contributed by atoms with E-state index in [-0.39, 0.29) is 18.0 Å². The quantitative estimate of drug-likeness (QED) is 0.716. The Morgan fingerprint density at radius 3 is 2.52 bits per heavy atom. The minimum absolute atomic E-state index is 0.107. The molecule has 2 atom stereocenters. The summed E-state index contributed by atoms with van der Waals surface area (Å²) >= 11 is 11.9. The van der Waals surface area contributed by atoms with E-state index in [4.69, 9.17) is 28.8 Å². The van der Waals surface area contributed by atoms with Crippen LogP contribution in [0.1, 0.15) is 31.2 Å². The first kappa shape index (κ1) is 18.5. The normalized spacial score (nSPS) is 23.9. The third-order valence-corrected chi connectivity index (χ3v) is 6.45. The van der Waals surface area contributed by atoms with Crippen LogP contribution in [-0.4, -0.2) is 28.7 Å². The van der Waals surface area contributed by atoms with Crippen LogP contribution in [0.15, 0.2) is 70.9 Å². The summed E-state index contributed by atoms with van der Waals surface area (Å²) in [6, 6.07) is 17.5. The number of halogens is 1. The lowest BCUT2D eigenvalue weighted by molar-refractivity contribution is -0.114. The first-order chi connectivity index (χ1) is 14.1. The second-order valence-corrected chi connectivity index (χ2v) is 8.44. The number of hydrogen-bond donors (Lipinski definition) is 1. The van der Waals surface area contributed by atoms with Gasteiger partial charge in [0, 0.05) is 16.6 Å². The van der Waals surface area contributed by atoms with Gasteiger partial charge in [0.25, 0.3) is 5.91 Å². The zero-order valence-electron chi connectivity index (χ0n) is 15.8. The maximum atomic E-state index is 13.5. The summed E-state index contributed by atoms with van der Waals surface area (Å²) in [5, 5.41) is 4.20. The lowest BCUT2D eigenvalue weighted by atomic mass is 9.90. The molecule has 0 unspecified atom stereocenters. The van der Waals surface area contributed by atoms with Crippen LogP contribution in [0.25, 0.3) is 0 Å². The van der Waals surface area contributed by atoms with E-state index in [0.29, 0.717) is 15.7 Å². The van der Waals surface area contributed by atoms with Gasteiger partial charge < -0.3 is 5.32 Å². The second-order valence-electron chi connectivity index (χ2n) is 7.62. The van der Waals surface area contributed by atoms with Gasteiger partial charge in [0.1, 0.15) is 10.7 Å². The molecule has 4 nitrogen and oxygen atoms in total. The number of fused-ring (bicyclic) bond motifs is 1. The van der Waals surface area contributed by atoms with Crippen LogP contribution in [0.5, 0.6) is 0 Å². The van der Waals surface area contributed by atoms with Crippen molar-refractivity contribution in [1.29, 1.82) is 0 Å². The molecule has 3 aliphatic rings. The predicted molar refractivity (Wildman–Crippen MR) is 121 cm³/mol. The van der Waals surface area contributed by atoms with Crippen LogP contribution < -0.4 is 10.2 Å². The van der Waals surface area contributed by atoms with Gasteiger partial charge in [-0.15, -0.1) is 0 Å². The molecule has 1 saturated carbocycles. The highest BCUT2D eigenvalue weighted by Crippen LogP contribution is 2.34. The highest BCUT2D eigenvalue weighted by molar-refractivity contribution is 7.81. The largest absolute Gasteiger partial charge is 0.375 e. The summed E-state index contributed by atoms with van der Waals surface area (Å²) in [5.41, 5.74) is 3.79. The Balaban J connectivity index is 1.65. The second kappa shape index (κ2) is 7.39. The molecule has 0 saturated heterocycles. The van der Waals surface area contributed by atoms with Crippen molar-refractivity contribution in [3.63, 3.8) is 0 Å². The lowest BCUT2D eigenvalue weighted by Crippen LogP contribution is -2.43. The van der Waals surface area contributed by atoms with E-state index in [9.17, 15) is 4.79 Å². The summed E-state index contributed by atoms with van der Waals surface area (Å²) < 4.78 is 0. The first-order valence-corrected chi connectivity index (χ1v) is 10.7. The Labute approximate surface area is 180 Å². The fourth-order valence-corrected chi connectivity index (χ4v) is 4.88. The molecule has 0 radical (unpaired) electrons. The number of nitrogens with one attached hydrogen (secondary N) is 1. The van der Waals surface area contributed by atoms with Gasteiger partial charge in [-0.2, -0.15) is 0 Å². The Bertz CT molecular complexity index is 1050. The summed E-state index contributed by atoms with van der Waals surface area (Å²) in [5.74, 6) is -0.107. The standard InChI is InChI=1S/C23H20ClN3OS/c24-15-12-10-14(11-13-15)20-19-21(26-18-9-5-4-8-17(18)25-20)22(28)27(23(19)29)16-6-2-1-3-7-16/h1-3,6-7,10-13,17-18,26H,4-5,8-9H2/t17-,18-/m1/s1. The number of hydrogen-bond acceptors (Lipinski definition) is 4. The minimum atomic E-state index is -0.107. The van der Waals surface area contributed by atoms with E-state index in [0.717, 1.165) is 48.2 Å². The third-order valence-electron chi connectivity index (χ3n) is 5.81. The zero-order valence-corrected chi connectivity index (χ0v) is 17.3. The van der Waals surface area contributed by atoms with Gasteiger partial charge in [-0.05, 0) is 37.1 Å². The van der Waals surface area contributed by atoms with E-state index in [1.807, 2.05) is 54.6 Å². The molecule has 5 rings (SSSR count). The molecular formula is C23H20ClN3OS. The Morgan fingerprint density at radius 2 is 1.76 bits per heavy atom. The number of amides is 1. The van der Waals surface area contributed by atoms with E-state index in [1.54, 1.807) is 4.90 Å². The third kappa shape index (κ3) is 3.18. The topological polar surface area (TPSA) is 44.7 Å². The molecule has 29 heavy (non-hydrogen) atoms. The maximum Gasteiger partial charge on any atom is 0.280 e. The molecule has 1 amide bonds. The average molecular weight is 422 g/mol. The Hall–Kier alpha value is -2.50. The van der Waals surface area contributed by atoms with Crippen molar-refractivity contribution in [2.75, 3.05) is 4.90 Å². The molecule has 1 fully saturated rings. The first-order valence-electron chi connectivity index (χ1n) is 9.92. The van der Waals surface area contributed by atoms with Gasteiger partial charge in [-0.1, -0.05) is 67.0 Å². The van der Waals surface area contributed by atoms with Crippen molar-refractivity contribution in [1.82, 2.24) is 5.32 Å². The highest BCUT2D eigenvalue weighted by Gasteiger charge is 2.43. The van der Waals surface area contributed by atoms with Crippen molar-refractivity contribution in [3.8, 4) is 0 Å². The van der Waals surface area contributed by atoms with Crippen LogP contribution in [0.2, 0.25) is 5.02 Å². The number of aliphatic imine (C=N–C) groups is 1. The predicted octanol–water partition coefficient (Wildman–Crippen LogP) is 4.67. The SMILES string of the molecule is O=C1C2=C(C(=S)N1c1ccccc1)C(c1ccc(Cl)cc1)=N[C@@H]1CCCC[C@H]1N2. The monoisotopic (exact) mass is 421 g/mol. The van der Waals surface area contributed by atoms with Crippen molar-refractivity contribution >= 4 is 46.1 Å². The number of anilines is 1. The van der Waals surface area contributed by atoms with E-state index in [1.165, 1.54) is 0 Å². The Morgan fingerprint density at radius 1 is 1.03 bits per heavy atom. The molecule has 0 bridgehead atoms. The molecular weight excluding hydrogens is 402 g/mol. The Kier molecular flexibility index (Phi) is 4.72. The molecule has 1 N–H and O–H groups in total. The maximum absolute atomic E-state index is 13.5.